The normalized spacial score (nSPS) is 17.7. The van der Waals surface area contributed by atoms with Gasteiger partial charge in [0.1, 0.15) is 11.5 Å². The summed E-state index contributed by atoms with van der Waals surface area (Å²) >= 11 is 0. The number of aliphatic hydroxyl groups is 1. The number of carbonyl (C=O) groups excluding carboxylic acids is 3. The smallest absolute Gasteiger partial charge is 0.338 e. The van der Waals surface area contributed by atoms with Crippen LogP contribution in [0.3, 0.4) is 0 Å². The number of aliphatic hydroxyl groups excluding tert-OH is 1. The Morgan fingerprint density at radius 3 is 2.57 bits per heavy atom. The molecular weight excluding hydrogens is 478 g/mol. The quantitative estimate of drug-likeness (QED) is 0.231. The number of anilines is 1. The van der Waals surface area contributed by atoms with E-state index in [-0.39, 0.29) is 35.9 Å². The van der Waals surface area contributed by atoms with Crippen molar-refractivity contribution in [2.45, 2.75) is 13.0 Å². The minimum atomic E-state index is -1.00. The molecule has 1 saturated heterocycles. The van der Waals surface area contributed by atoms with Crippen LogP contribution in [0, 0.1) is 0 Å². The third kappa shape index (κ3) is 4.24. The highest BCUT2D eigenvalue weighted by Crippen LogP contribution is 2.44. The van der Waals surface area contributed by atoms with E-state index in [0.717, 1.165) is 0 Å². The molecule has 0 radical (unpaired) electrons. The maximum Gasteiger partial charge on any atom is 0.338 e. The number of nitrogens with zero attached hydrogens (tertiary/aromatic N) is 1. The molecule has 1 N–H and O–H groups in total. The van der Waals surface area contributed by atoms with E-state index >= 15 is 0 Å². The van der Waals surface area contributed by atoms with Crippen molar-refractivity contribution in [3.63, 3.8) is 0 Å². The first-order chi connectivity index (χ1) is 17.9. The number of carbonyl (C=O) groups is 3. The maximum atomic E-state index is 13.4. The molecule has 5 rings (SSSR count). The Hall–Kier alpha value is -4.79. The van der Waals surface area contributed by atoms with Crippen LogP contribution in [0.5, 0.6) is 17.2 Å². The van der Waals surface area contributed by atoms with Crippen molar-refractivity contribution in [3.8, 4) is 17.2 Å². The number of ketones is 1. The van der Waals surface area contributed by atoms with E-state index in [1.54, 1.807) is 67.6 Å². The van der Waals surface area contributed by atoms with Crippen molar-refractivity contribution in [1.29, 1.82) is 0 Å². The lowest BCUT2D eigenvalue weighted by Crippen LogP contribution is -2.29. The van der Waals surface area contributed by atoms with Crippen LogP contribution in [0.25, 0.3) is 5.76 Å². The standard InChI is InChI=1S/C28H23NO8/c1-3-35-28(33)18-7-4-8-19(12-18)29-24(16-6-5-9-20(13-16)34-2)23(26(31)27(29)32)25(30)17-10-11-21-22(14-17)37-15-36-21/h4-14,24,30H,3,15H2,1-2H3/b25-23-. The third-order valence-electron chi connectivity index (χ3n) is 6.14. The second kappa shape index (κ2) is 9.69. The SMILES string of the molecule is CCOC(=O)c1cccc(N2C(=O)C(=O)/C(=C(\O)c3ccc4c(c3)OCO4)C2c2cccc(OC)c2)c1. The largest absolute Gasteiger partial charge is 0.507 e. The van der Waals surface area contributed by atoms with Crippen molar-refractivity contribution in [2.24, 2.45) is 0 Å². The predicted molar refractivity (Wildman–Crippen MR) is 133 cm³/mol. The van der Waals surface area contributed by atoms with Gasteiger partial charge in [-0.3, -0.25) is 14.5 Å². The van der Waals surface area contributed by atoms with Crippen LogP contribution in [0.1, 0.15) is 34.5 Å². The van der Waals surface area contributed by atoms with Crippen LogP contribution in [-0.2, 0) is 14.3 Å². The molecule has 0 aliphatic carbocycles. The molecule has 0 saturated carbocycles. The van der Waals surface area contributed by atoms with Gasteiger partial charge in [-0.2, -0.15) is 0 Å². The van der Waals surface area contributed by atoms with Gasteiger partial charge in [-0.25, -0.2) is 4.79 Å². The van der Waals surface area contributed by atoms with Crippen LogP contribution in [0.15, 0.2) is 72.3 Å². The van der Waals surface area contributed by atoms with Gasteiger partial charge in [-0.15, -0.1) is 0 Å². The summed E-state index contributed by atoms with van der Waals surface area (Å²) in [6.07, 6.45) is 0. The van der Waals surface area contributed by atoms with E-state index < -0.39 is 23.7 Å². The molecule has 0 bridgehead atoms. The van der Waals surface area contributed by atoms with E-state index in [9.17, 15) is 19.5 Å². The molecule has 9 nitrogen and oxygen atoms in total. The number of fused-ring (bicyclic) bond motifs is 1. The van der Waals surface area contributed by atoms with Crippen LogP contribution >= 0.6 is 0 Å². The molecular formula is C28H23NO8. The van der Waals surface area contributed by atoms with Crippen molar-refractivity contribution >= 4 is 29.1 Å². The Morgan fingerprint density at radius 2 is 1.78 bits per heavy atom. The molecule has 9 heteroatoms. The Labute approximate surface area is 212 Å². The number of esters is 1. The lowest BCUT2D eigenvalue weighted by molar-refractivity contribution is -0.132. The van der Waals surface area contributed by atoms with Crippen LogP contribution in [-0.4, -0.2) is 43.3 Å². The van der Waals surface area contributed by atoms with E-state index in [0.29, 0.717) is 28.5 Å². The zero-order valence-corrected chi connectivity index (χ0v) is 20.1. The third-order valence-corrected chi connectivity index (χ3v) is 6.14. The Bertz CT molecular complexity index is 1440. The number of hydrogen-bond acceptors (Lipinski definition) is 8. The van der Waals surface area contributed by atoms with Gasteiger partial charge in [-0.05, 0) is 61.0 Å². The van der Waals surface area contributed by atoms with E-state index in [1.807, 2.05) is 0 Å². The summed E-state index contributed by atoms with van der Waals surface area (Å²) in [4.78, 5) is 40.5. The Morgan fingerprint density at radius 1 is 1.00 bits per heavy atom. The fourth-order valence-electron chi connectivity index (χ4n) is 4.42. The molecule has 1 atom stereocenters. The molecule has 0 aromatic heterocycles. The topological polar surface area (TPSA) is 112 Å². The molecule has 37 heavy (non-hydrogen) atoms. The summed E-state index contributed by atoms with van der Waals surface area (Å²) in [7, 11) is 1.51. The Kier molecular flexibility index (Phi) is 6.27. The minimum absolute atomic E-state index is 0.0462. The van der Waals surface area contributed by atoms with Gasteiger partial charge in [0.2, 0.25) is 6.79 Å². The predicted octanol–water partition coefficient (Wildman–Crippen LogP) is 4.23. The molecule has 188 valence electrons. The molecule has 3 aromatic rings. The number of rotatable bonds is 6. The summed E-state index contributed by atoms with van der Waals surface area (Å²) in [5.41, 5.74) is 1.23. The monoisotopic (exact) mass is 501 g/mol. The number of amides is 1. The van der Waals surface area contributed by atoms with Gasteiger partial charge in [0.15, 0.2) is 11.5 Å². The van der Waals surface area contributed by atoms with Crippen LogP contribution < -0.4 is 19.1 Å². The molecule has 3 aromatic carbocycles. The first kappa shape index (κ1) is 23.9. The molecule has 2 aliphatic heterocycles. The van der Waals surface area contributed by atoms with Gasteiger partial charge < -0.3 is 24.1 Å². The second-order valence-electron chi connectivity index (χ2n) is 8.28. The fourth-order valence-corrected chi connectivity index (χ4v) is 4.42. The zero-order valence-electron chi connectivity index (χ0n) is 20.1. The number of methoxy groups -OCH3 is 1. The molecule has 2 aliphatic rings. The van der Waals surface area contributed by atoms with Crippen LogP contribution in [0.4, 0.5) is 5.69 Å². The molecule has 0 spiro atoms. The van der Waals surface area contributed by atoms with E-state index in [1.165, 1.54) is 18.1 Å². The molecule has 2 heterocycles. The van der Waals surface area contributed by atoms with Gasteiger partial charge in [-0.1, -0.05) is 18.2 Å². The van der Waals surface area contributed by atoms with Gasteiger partial charge in [0.05, 0.1) is 30.9 Å². The van der Waals surface area contributed by atoms with Crippen molar-refractivity contribution in [2.75, 3.05) is 25.4 Å². The first-order valence-electron chi connectivity index (χ1n) is 11.5. The van der Waals surface area contributed by atoms with Crippen molar-refractivity contribution in [3.05, 3.63) is 89.0 Å². The van der Waals surface area contributed by atoms with Gasteiger partial charge in [0.25, 0.3) is 11.7 Å². The fraction of sp³-hybridized carbons (Fsp3) is 0.179. The number of Topliss-reactive ketones (excluding diaryl/α,β-unsaturated/α-hetero) is 1. The minimum Gasteiger partial charge on any atom is -0.507 e. The highest BCUT2D eigenvalue weighted by atomic mass is 16.7. The zero-order chi connectivity index (χ0) is 26.1. The highest BCUT2D eigenvalue weighted by Gasteiger charge is 2.47. The summed E-state index contributed by atoms with van der Waals surface area (Å²) in [6, 6.07) is 16.9. The number of ether oxygens (including phenoxy) is 4. The van der Waals surface area contributed by atoms with E-state index in [4.69, 9.17) is 18.9 Å². The lowest BCUT2D eigenvalue weighted by atomic mass is 9.94. The second-order valence-corrected chi connectivity index (χ2v) is 8.28. The van der Waals surface area contributed by atoms with Gasteiger partial charge in [0, 0.05) is 11.3 Å². The number of benzene rings is 3. The molecule has 1 fully saturated rings. The lowest BCUT2D eigenvalue weighted by Gasteiger charge is -2.26. The van der Waals surface area contributed by atoms with E-state index in [2.05, 4.69) is 0 Å². The average molecular weight is 501 g/mol. The van der Waals surface area contributed by atoms with Crippen molar-refractivity contribution in [1.82, 2.24) is 0 Å². The van der Waals surface area contributed by atoms with Crippen molar-refractivity contribution < 1.29 is 38.4 Å². The number of hydrogen-bond donors (Lipinski definition) is 1. The molecule has 1 unspecified atom stereocenters. The summed E-state index contributed by atoms with van der Waals surface area (Å²) < 4.78 is 21.2. The maximum absolute atomic E-state index is 13.4. The van der Waals surface area contributed by atoms with Crippen LogP contribution in [0.2, 0.25) is 0 Å². The summed E-state index contributed by atoms with van der Waals surface area (Å²) in [6.45, 7) is 1.93. The summed E-state index contributed by atoms with van der Waals surface area (Å²) in [5.74, 6) is -1.21. The highest BCUT2D eigenvalue weighted by molar-refractivity contribution is 6.51. The molecule has 1 amide bonds. The first-order valence-corrected chi connectivity index (χ1v) is 11.5. The van der Waals surface area contributed by atoms with Gasteiger partial charge >= 0.3 is 5.97 Å². The average Bonchev–Trinajstić information content (AvgIpc) is 3.50. The summed E-state index contributed by atoms with van der Waals surface area (Å²) in [5, 5.41) is 11.4. The Balaban J connectivity index is 1.68.